The summed E-state index contributed by atoms with van der Waals surface area (Å²) in [4.78, 5) is 15.0. The van der Waals surface area contributed by atoms with Crippen molar-refractivity contribution >= 4 is 5.91 Å². The molecule has 0 spiro atoms. The first kappa shape index (κ1) is 15.8. The van der Waals surface area contributed by atoms with Crippen LogP contribution in [0, 0.1) is 17.8 Å². The van der Waals surface area contributed by atoms with Gasteiger partial charge in [-0.05, 0) is 43.4 Å². The van der Waals surface area contributed by atoms with Crippen LogP contribution in [0.15, 0.2) is 0 Å². The van der Waals surface area contributed by atoms with Crippen LogP contribution in [0.3, 0.4) is 0 Å². The van der Waals surface area contributed by atoms with Crippen LogP contribution in [-0.2, 0) is 4.79 Å². The minimum absolute atomic E-state index is 0.0289. The molecular formula is C17H32N2O. The van der Waals surface area contributed by atoms with Crippen LogP contribution >= 0.6 is 0 Å². The van der Waals surface area contributed by atoms with Gasteiger partial charge in [-0.3, -0.25) is 10.1 Å². The number of nitrogens with one attached hydrogen (secondary N) is 1. The van der Waals surface area contributed by atoms with E-state index in [1.165, 1.54) is 19.3 Å². The fourth-order valence-electron chi connectivity index (χ4n) is 3.85. The van der Waals surface area contributed by atoms with Crippen molar-refractivity contribution in [2.45, 2.75) is 85.0 Å². The van der Waals surface area contributed by atoms with Gasteiger partial charge in [-0.1, -0.05) is 41.0 Å². The Morgan fingerprint density at radius 3 is 2.50 bits per heavy atom. The van der Waals surface area contributed by atoms with Gasteiger partial charge < -0.3 is 4.90 Å². The summed E-state index contributed by atoms with van der Waals surface area (Å²) in [7, 11) is 0. The third-order valence-electron chi connectivity index (χ3n) is 5.42. The predicted octanol–water partition coefficient (Wildman–Crippen LogP) is 3.39. The van der Waals surface area contributed by atoms with Gasteiger partial charge in [-0.25, -0.2) is 0 Å². The molecule has 3 nitrogen and oxygen atoms in total. The molecule has 2 aliphatic rings. The predicted molar refractivity (Wildman–Crippen MR) is 83.3 cm³/mol. The zero-order chi connectivity index (χ0) is 14.9. The van der Waals surface area contributed by atoms with Crippen LogP contribution < -0.4 is 5.32 Å². The smallest absolute Gasteiger partial charge is 0.241 e. The van der Waals surface area contributed by atoms with E-state index < -0.39 is 0 Å². The quantitative estimate of drug-likeness (QED) is 0.856. The molecule has 2 fully saturated rings. The molecule has 1 saturated heterocycles. The highest BCUT2D eigenvalue weighted by molar-refractivity contribution is 5.85. The zero-order valence-corrected chi connectivity index (χ0v) is 13.9. The Morgan fingerprint density at radius 1 is 1.25 bits per heavy atom. The van der Waals surface area contributed by atoms with Crippen molar-refractivity contribution in [3.05, 3.63) is 0 Å². The Kier molecular flexibility index (Phi) is 5.11. The molecule has 0 bridgehead atoms. The number of hydrogen-bond donors (Lipinski definition) is 1. The van der Waals surface area contributed by atoms with E-state index in [0.717, 1.165) is 24.7 Å². The molecule has 0 aromatic carbocycles. The second kappa shape index (κ2) is 6.46. The first-order valence-electron chi connectivity index (χ1n) is 8.53. The van der Waals surface area contributed by atoms with Crippen molar-refractivity contribution in [3.63, 3.8) is 0 Å². The summed E-state index contributed by atoms with van der Waals surface area (Å²) in [5.41, 5.74) is 0. The number of rotatable bonds is 4. The normalized spacial score (nSPS) is 38.8. The van der Waals surface area contributed by atoms with Crippen LogP contribution in [0.4, 0.5) is 0 Å². The average molecular weight is 280 g/mol. The Balaban J connectivity index is 2.12. The van der Waals surface area contributed by atoms with Crippen LogP contribution in [0.25, 0.3) is 0 Å². The molecule has 20 heavy (non-hydrogen) atoms. The first-order valence-corrected chi connectivity index (χ1v) is 8.53. The fourth-order valence-corrected chi connectivity index (χ4v) is 3.85. The van der Waals surface area contributed by atoms with E-state index in [9.17, 15) is 4.79 Å². The van der Waals surface area contributed by atoms with Gasteiger partial charge in [0, 0.05) is 6.04 Å². The molecule has 116 valence electrons. The van der Waals surface area contributed by atoms with Gasteiger partial charge >= 0.3 is 0 Å². The van der Waals surface area contributed by atoms with Crippen molar-refractivity contribution in [3.8, 4) is 0 Å². The molecule has 1 heterocycles. The maximum Gasteiger partial charge on any atom is 0.241 e. The number of nitrogens with zero attached hydrogens (tertiary/aromatic N) is 1. The molecule has 2 rings (SSSR count). The second-order valence-electron chi connectivity index (χ2n) is 7.36. The van der Waals surface area contributed by atoms with Crippen molar-refractivity contribution in [1.29, 1.82) is 0 Å². The van der Waals surface area contributed by atoms with Crippen molar-refractivity contribution in [2.24, 2.45) is 17.8 Å². The number of amides is 1. The van der Waals surface area contributed by atoms with Crippen LogP contribution in [0.2, 0.25) is 0 Å². The third-order valence-corrected chi connectivity index (χ3v) is 5.42. The lowest BCUT2D eigenvalue weighted by Crippen LogP contribution is -2.47. The summed E-state index contributed by atoms with van der Waals surface area (Å²) in [6.45, 7) is 11.2. The zero-order valence-electron chi connectivity index (χ0n) is 13.9. The molecule has 1 aliphatic heterocycles. The molecule has 5 unspecified atom stereocenters. The van der Waals surface area contributed by atoms with Gasteiger partial charge in [0.1, 0.15) is 0 Å². The highest BCUT2D eigenvalue weighted by Gasteiger charge is 2.44. The number of carbonyl (C=O) groups is 1. The average Bonchev–Trinajstić information content (AvgIpc) is 2.71. The fraction of sp³-hybridized carbons (Fsp3) is 0.941. The topological polar surface area (TPSA) is 32.3 Å². The van der Waals surface area contributed by atoms with Crippen LogP contribution in [0.1, 0.15) is 66.7 Å². The third kappa shape index (κ3) is 3.03. The summed E-state index contributed by atoms with van der Waals surface area (Å²) in [6.07, 6.45) is 6.11. The summed E-state index contributed by atoms with van der Waals surface area (Å²) in [5, 5.41) is 3.59. The maximum absolute atomic E-state index is 12.8. The second-order valence-corrected chi connectivity index (χ2v) is 7.36. The van der Waals surface area contributed by atoms with Gasteiger partial charge in [0.15, 0.2) is 0 Å². The molecule has 1 saturated carbocycles. The summed E-state index contributed by atoms with van der Waals surface area (Å²) in [5.74, 6) is 2.28. The largest absolute Gasteiger partial charge is 0.323 e. The SMILES string of the molecule is CCCC1NC(C(C)C)C(=O)N1C1CCC(C)C(C)C1. The number of carbonyl (C=O) groups excluding carboxylic acids is 1. The van der Waals surface area contributed by atoms with Gasteiger partial charge in [0.2, 0.25) is 5.91 Å². The molecule has 1 amide bonds. The van der Waals surface area contributed by atoms with E-state index in [4.69, 9.17) is 0 Å². The van der Waals surface area contributed by atoms with E-state index in [2.05, 4.69) is 44.8 Å². The van der Waals surface area contributed by atoms with Crippen LogP contribution in [-0.4, -0.2) is 29.1 Å². The summed E-state index contributed by atoms with van der Waals surface area (Å²) in [6, 6.07) is 0.489. The van der Waals surface area contributed by atoms with E-state index in [1.54, 1.807) is 0 Å². The van der Waals surface area contributed by atoms with E-state index in [-0.39, 0.29) is 12.2 Å². The van der Waals surface area contributed by atoms with Crippen molar-refractivity contribution < 1.29 is 4.79 Å². The molecule has 0 radical (unpaired) electrons. The first-order chi connectivity index (χ1) is 9.45. The van der Waals surface area contributed by atoms with E-state index in [1.807, 2.05) is 0 Å². The van der Waals surface area contributed by atoms with E-state index >= 15 is 0 Å². The van der Waals surface area contributed by atoms with Gasteiger partial charge in [-0.2, -0.15) is 0 Å². The molecule has 0 aromatic heterocycles. The van der Waals surface area contributed by atoms with Crippen molar-refractivity contribution in [1.82, 2.24) is 10.2 Å². The van der Waals surface area contributed by atoms with Gasteiger partial charge in [0.25, 0.3) is 0 Å². The molecule has 1 N–H and O–H groups in total. The van der Waals surface area contributed by atoms with Crippen LogP contribution in [0.5, 0.6) is 0 Å². The Morgan fingerprint density at radius 2 is 1.95 bits per heavy atom. The van der Waals surface area contributed by atoms with Crippen molar-refractivity contribution in [2.75, 3.05) is 0 Å². The standard InChI is InChI=1S/C17H32N2O/c1-6-7-15-18-16(11(2)3)17(20)19(15)14-9-8-12(4)13(5)10-14/h11-16,18H,6-10H2,1-5H3. The minimum Gasteiger partial charge on any atom is -0.323 e. The molecule has 5 atom stereocenters. The molecule has 3 heteroatoms. The monoisotopic (exact) mass is 280 g/mol. The lowest BCUT2D eigenvalue weighted by atomic mass is 9.78. The summed E-state index contributed by atoms with van der Waals surface area (Å²) < 4.78 is 0. The summed E-state index contributed by atoms with van der Waals surface area (Å²) >= 11 is 0. The molecule has 1 aliphatic carbocycles. The lowest BCUT2D eigenvalue weighted by Gasteiger charge is -2.40. The minimum atomic E-state index is 0.0289. The maximum atomic E-state index is 12.8. The Labute approximate surface area is 124 Å². The Bertz CT molecular complexity index is 342. The molecule has 0 aromatic rings. The highest BCUT2D eigenvalue weighted by atomic mass is 16.2. The lowest BCUT2D eigenvalue weighted by molar-refractivity contribution is -0.134. The van der Waals surface area contributed by atoms with Gasteiger partial charge in [-0.15, -0.1) is 0 Å². The highest BCUT2D eigenvalue weighted by Crippen LogP contribution is 2.35. The number of hydrogen-bond acceptors (Lipinski definition) is 2. The van der Waals surface area contributed by atoms with E-state index in [0.29, 0.717) is 17.9 Å². The van der Waals surface area contributed by atoms with Gasteiger partial charge in [0.05, 0.1) is 12.2 Å². The molecular weight excluding hydrogens is 248 g/mol. The Hall–Kier alpha value is -0.570.